The second-order valence-electron chi connectivity index (χ2n) is 2.39. The lowest BCUT2D eigenvalue weighted by atomic mass is 11.6. The first-order chi connectivity index (χ1) is 7.46. The standard InChI is InChI=1S/C2HF5NO7S3/c3-1(4,5)16(9,10)8-17(11,12)2(6,7)18(13,14)15/h(H,13,14,15)/q-1/p-1. The van der Waals surface area contributed by atoms with Gasteiger partial charge in [-0.3, -0.25) is 0 Å². The smallest absolute Gasteiger partial charge is 0.480 e. The highest BCUT2D eigenvalue weighted by Crippen LogP contribution is 2.37. The number of sulfonamides is 2. The molecular formula is C2F5NO7S3-2. The highest BCUT2D eigenvalue weighted by molar-refractivity contribution is 8.18. The molecule has 0 aliphatic rings. The van der Waals surface area contributed by atoms with Crippen molar-refractivity contribution in [3.63, 3.8) is 0 Å². The van der Waals surface area contributed by atoms with E-state index in [1.165, 1.54) is 0 Å². The molecule has 0 rings (SSSR count). The van der Waals surface area contributed by atoms with Crippen molar-refractivity contribution in [1.29, 1.82) is 0 Å². The van der Waals surface area contributed by atoms with Crippen LogP contribution in [-0.4, -0.2) is 39.9 Å². The van der Waals surface area contributed by atoms with Crippen molar-refractivity contribution in [1.82, 2.24) is 0 Å². The van der Waals surface area contributed by atoms with Crippen LogP contribution in [0, 0.1) is 0 Å². The maximum atomic E-state index is 12.4. The minimum absolute atomic E-state index is 0.740. The van der Waals surface area contributed by atoms with Crippen LogP contribution in [0.5, 0.6) is 0 Å². The fraction of sp³-hybridized carbons (Fsp3) is 1.00. The van der Waals surface area contributed by atoms with E-state index in [2.05, 4.69) is 0 Å². The molecule has 0 fully saturated rings. The molecular weight excluding hydrogens is 341 g/mol. The van der Waals surface area contributed by atoms with Crippen molar-refractivity contribution >= 4 is 30.2 Å². The van der Waals surface area contributed by atoms with Gasteiger partial charge in [0, 0.05) is 0 Å². The first-order valence-corrected chi connectivity index (χ1v) is 7.38. The summed E-state index contributed by atoms with van der Waals surface area (Å²) in [5.41, 5.74) is -6.36. The average molecular weight is 341 g/mol. The van der Waals surface area contributed by atoms with E-state index in [9.17, 15) is 51.8 Å². The molecule has 0 heterocycles. The number of rotatable bonds is 4. The number of alkyl halides is 5. The minimum atomic E-state index is -7.08. The van der Waals surface area contributed by atoms with E-state index in [1.54, 1.807) is 0 Å². The van der Waals surface area contributed by atoms with Crippen molar-refractivity contribution < 1.29 is 51.8 Å². The molecule has 0 aromatic carbocycles. The van der Waals surface area contributed by atoms with Gasteiger partial charge in [0.25, 0.3) is 0 Å². The van der Waals surface area contributed by atoms with Crippen LogP contribution in [0.2, 0.25) is 0 Å². The molecule has 0 radical (unpaired) electrons. The van der Waals surface area contributed by atoms with Crippen LogP contribution in [0.3, 0.4) is 0 Å². The van der Waals surface area contributed by atoms with E-state index in [-0.39, 0.29) is 0 Å². The van der Waals surface area contributed by atoms with E-state index in [4.69, 9.17) is 0 Å². The normalized spacial score (nSPS) is 15.7. The summed E-state index contributed by atoms with van der Waals surface area (Å²) in [6.07, 6.45) is 0. The number of hydrogen-bond acceptors (Lipinski definition) is 7. The summed E-state index contributed by atoms with van der Waals surface area (Å²) in [6, 6.07) is 0. The molecule has 8 nitrogen and oxygen atoms in total. The molecule has 0 atom stereocenters. The minimum Gasteiger partial charge on any atom is -0.743 e. The van der Waals surface area contributed by atoms with Gasteiger partial charge in [-0.25, -0.2) is 25.3 Å². The Labute approximate surface area is 96.6 Å². The van der Waals surface area contributed by atoms with Gasteiger partial charge >= 0.3 is 10.1 Å². The zero-order chi connectivity index (χ0) is 15.2. The number of nitrogens with zero attached hydrogens (tertiary/aromatic N) is 1. The van der Waals surface area contributed by atoms with Crippen molar-refractivity contribution in [2.45, 2.75) is 10.1 Å². The molecule has 0 spiro atoms. The number of halogens is 5. The van der Waals surface area contributed by atoms with Crippen LogP contribution in [0.1, 0.15) is 0 Å². The predicted octanol–water partition coefficient (Wildman–Crippen LogP) is -0.365. The van der Waals surface area contributed by atoms with Crippen LogP contribution in [-0.2, 0) is 30.2 Å². The molecule has 0 saturated carbocycles. The topological polar surface area (TPSA) is 140 Å². The van der Waals surface area contributed by atoms with Crippen LogP contribution >= 0.6 is 0 Å². The molecule has 0 aromatic rings. The van der Waals surface area contributed by atoms with Gasteiger partial charge in [0.15, 0.2) is 30.2 Å². The first-order valence-electron chi connectivity index (χ1n) is 3.09. The second kappa shape index (κ2) is 4.22. The number of hydrogen-bond donors (Lipinski definition) is 0. The van der Waals surface area contributed by atoms with Crippen molar-refractivity contribution in [2.24, 2.45) is 0 Å². The van der Waals surface area contributed by atoms with Crippen molar-refractivity contribution in [3.05, 3.63) is 4.13 Å². The van der Waals surface area contributed by atoms with E-state index >= 15 is 0 Å². The maximum Gasteiger partial charge on any atom is 0.480 e. The van der Waals surface area contributed by atoms with Gasteiger partial charge in [-0.1, -0.05) is 0 Å². The predicted molar refractivity (Wildman–Crippen MR) is 41.9 cm³/mol. The summed E-state index contributed by atoms with van der Waals surface area (Å²) in [5.74, 6) is 0. The molecule has 110 valence electrons. The zero-order valence-corrected chi connectivity index (χ0v) is 9.87. The fourth-order valence-electron chi connectivity index (χ4n) is 0.344. The lowest BCUT2D eigenvalue weighted by molar-refractivity contribution is -0.0425. The molecule has 0 unspecified atom stereocenters. The van der Waals surface area contributed by atoms with Gasteiger partial charge < -0.3 is 8.68 Å². The Kier molecular flexibility index (Phi) is 4.08. The van der Waals surface area contributed by atoms with Gasteiger partial charge in [0.05, 0.1) is 0 Å². The lowest BCUT2D eigenvalue weighted by Crippen LogP contribution is -2.39. The molecule has 0 amide bonds. The summed E-state index contributed by atoms with van der Waals surface area (Å²) < 4.78 is 125. The quantitative estimate of drug-likeness (QED) is 0.502. The van der Waals surface area contributed by atoms with Crippen LogP contribution < -0.4 is 0 Å². The Balaban J connectivity index is 5.79. The third-order valence-corrected chi connectivity index (χ3v) is 5.66. The van der Waals surface area contributed by atoms with Crippen molar-refractivity contribution in [3.8, 4) is 0 Å². The summed E-state index contributed by atoms with van der Waals surface area (Å²) in [6.45, 7) is 0. The molecule has 0 aliphatic carbocycles. The molecule has 0 saturated heterocycles. The Morgan fingerprint density at radius 2 is 1.11 bits per heavy atom. The molecule has 18 heavy (non-hydrogen) atoms. The van der Waals surface area contributed by atoms with Crippen LogP contribution in [0.4, 0.5) is 22.0 Å². The summed E-state index contributed by atoms with van der Waals surface area (Å²) >= 11 is 0. The lowest BCUT2D eigenvalue weighted by Gasteiger charge is -2.28. The highest BCUT2D eigenvalue weighted by atomic mass is 32.3. The fourth-order valence-corrected chi connectivity index (χ4v) is 3.37. The van der Waals surface area contributed by atoms with E-state index in [0.29, 0.717) is 0 Å². The van der Waals surface area contributed by atoms with E-state index < -0.39 is 40.3 Å². The monoisotopic (exact) mass is 341 g/mol. The average Bonchev–Trinajstić information content (AvgIpc) is 1.96. The zero-order valence-electron chi connectivity index (χ0n) is 7.42. The molecule has 0 N–H and O–H groups in total. The van der Waals surface area contributed by atoms with Gasteiger partial charge in [-0.05, 0) is 0 Å². The molecule has 16 heteroatoms. The summed E-state index contributed by atoms with van der Waals surface area (Å²) in [5, 5.41) is 0. The van der Waals surface area contributed by atoms with E-state index in [1.807, 2.05) is 0 Å². The van der Waals surface area contributed by atoms with Gasteiger partial charge in [-0.15, -0.1) is 0 Å². The van der Waals surface area contributed by atoms with Gasteiger partial charge in [-0.2, -0.15) is 22.0 Å². The van der Waals surface area contributed by atoms with E-state index in [0.717, 1.165) is 4.13 Å². The third-order valence-electron chi connectivity index (χ3n) is 1.08. The Bertz CT molecular complexity index is 625. The van der Waals surface area contributed by atoms with Crippen LogP contribution in [0.15, 0.2) is 0 Å². The van der Waals surface area contributed by atoms with Crippen LogP contribution in [0.25, 0.3) is 4.13 Å². The Hall–Kier alpha value is -0.580. The van der Waals surface area contributed by atoms with Gasteiger partial charge in [0.1, 0.15) is 0 Å². The summed E-state index contributed by atoms with van der Waals surface area (Å²) in [7, 11) is -21.0. The maximum absolute atomic E-state index is 12.4. The molecule has 0 aromatic heterocycles. The SMILES string of the molecule is O=S(=O)([O-])C(F)(F)S(=O)(=O)[N-]S(=O)(=O)C(F)(F)F. The van der Waals surface area contributed by atoms with Crippen molar-refractivity contribution in [2.75, 3.05) is 0 Å². The Morgan fingerprint density at radius 3 is 1.33 bits per heavy atom. The molecule has 0 bridgehead atoms. The summed E-state index contributed by atoms with van der Waals surface area (Å²) in [4.78, 5) is 0. The Morgan fingerprint density at radius 1 is 0.778 bits per heavy atom. The second-order valence-corrected chi connectivity index (χ2v) is 7.54. The third kappa shape index (κ3) is 3.05. The largest absolute Gasteiger partial charge is 0.743 e. The molecule has 0 aliphatic heterocycles. The first kappa shape index (κ1) is 17.4. The highest BCUT2D eigenvalue weighted by Gasteiger charge is 2.51. The van der Waals surface area contributed by atoms with Gasteiger partial charge in [0.2, 0.25) is 0 Å².